The van der Waals surface area contributed by atoms with Gasteiger partial charge in [0.25, 0.3) is 5.92 Å². The van der Waals surface area contributed by atoms with Gasteiger partial charge in [-0.3, -0.25) is 4.40 Å². The minimum Gasteiger partial charge on any atom is -0.371 e. The average Bonchev–Trinajstić information content (AvgIpc) is 3.11. The Morgan fingerprint density at radius 3 is 2.46 bits per heavy atom. The van der Waals surface area contributed by atoms with Crippen molar-refractivity contribution >= 4 is 22.9 Å². The summed E-state index contributed by atoms with van der Waals surface area (Å²) in [4.78, 5) is 2.36. The van der Waals surface area contributed by atoms with E-state index in [1.807, 2.05) is 34.9 Å². The first-order valence-corrected chi connectivity index (χ1v) is 10.1. The monoisotopic (exact) mass is 402 g/mol. The van der Waals surface area contributed by atoms with Crippen LogP contribution in [0.15, 0.2) is 42.6 Å². The van der Waals surface area contributed by atoms with E-state index >= 15 is 0 Å². The molecule has 4 nitrogen and oxygen atoms in total. The van der Waals surface area contributed by atoms with Crippen LogP contribution in [0.5, 0.6) is 0 Å². The van der Waals surface area contributed by atoms with E-state index in [0.29, 0.717) is 11.7 Å². The number of hydrogen-bond acceptors (Lipinski definition) is 3. The first-order valence-electron chi connectivity index (χ1n) is 9.71. The van der Waals surface area contributed by atoms with Gasteiger partial charge in [0.05, 0.1) is 0 Å². The quantitative estimate of drug-likeness (QED) is 0.618. The Morgan fingerprint density at radius 2 is 1.79 bits per heavy atom. The molecule has 1 aliphatic heterocycles. The highest BCUT2D eigenvalue weighted by molar-refractivity contribution is 6.30. The van der Waals surface area contributed by atoms with E-state index in [0.717, 1.165) is 42.3 Å². The van der Waals surface area contributed by atoms with Crippen LogP contribution < -0.4 is 4.90 Å². The maximum absolute atomic E-state index is 13.2. The van der Waals surface area contributed by atoms with Crippen molar-refractivity contribution in [3.8, 4) is 0 Å². The SMILES string of the molecule is FC1(F)CC1Cc1nnc2cc(N3CCC(c4ccc(Cl)cc4)CC3)ccn12. The van der Waals surface area contributed by atoms with Gasteiger partial charge in [0.15, 0.2) is 5.65 Å². The van der Waals surface area contributed by atoms with Gasteiger partial charge in [-0.15, -0.1) is 10.2 Å². The van der Waals surface area contributed by atoms with Crippen molar-refractivity contribution in [1.82, 2.24) is 14.6 Å². The topological polar surface area (TPSA) is 33.4 Å². The summed E-state index contributed by atoms with van der Waals surface area (Å²) in [5.74, 6) is -1.95. The Hall–Kier alpha value is -2.21. The van der Waals surface area contributed by atoms with Crippen LogP contribution in [-0.2, 0) is 6.42 Å². The molecule has 0 bridgehead atoms. The predicted molar refractivity (Wildman–Crippen MR) is 105 cm³/mol. The summed E-state index contributed by atoms with van der Waals surface area (Å²) < 4.78 is 28.2. The molecule has 2 aliphatic rings. The Balaban J connectivity index is 1.27. The van der Waals surface area contributed by atoms with Crippen molar-refractivity contribution in [2.24, 2.45) is 5.92 Å². The van der Waals surface area contributed by atoms with Crippen LogP contribution in [0.1, 0.15) is 36.6 Å². The second-order valence-electron chi connectivity index (χ2n) is 7.91. The highest BCUT2D eigenvalue weighted by Crippen LogP contribution is 2.50. The Kier molecular flexibility index (Phi) is 4.27. The molecule has 1 aliphatic carbocycles. The molecule has 0 radical (unpaired) electrons. The Labute approximate surface area is 167 Å². The fraction of sp³-hybridized carbons (Fsp3) is 0.429. The third kappa shape index (κ3) is 3.34. The van der Waals surface area contributed by atoms with Crippen LogP contribution in [0, 0.1) is 5.92 Å². The maximum Gasteiger partial charge on any atom is 0.252 e. The number of rotatable bonds is 4. The largest absolute Gasteiger partial charge is 0.371 e. The van der Waals surface area contributed by atoms with E-state index in [2.05, 4.69) is 27.2 Å². The number of nitrogens with zero attached hydrogens (tertiary/aromatic N) is 4. The molecule has 0 spiro atoms. The van der Waals surface area contributed by atoms with Gasteiger partial charge in [0.2, 0.25) is 0 Å². The van der Waals surface area contributed by atoms with E-state index in [1.54, 1.807) is 0 Å². The lowest BCUT2D eigenvalue weighted by molar-refractivity contribution is 0.0984. The maximum atomic E-state index is 13.2. The summed E-state index contributed by atoms with van der Waals surface area (Å²) in [6.45, 7) is 1.94. The number of pyridine rings is 1. The Bertz CT molecular complexity index is 993. The molecule has 3 aromatic rings. The lowest BCUT2D eigenvalue weighted by Crippen LogP contribution is -2.32. The average molecular weight is 403 g/mol. The molecule has 2 fully saturated rings. The summed E-state index contributed by atoms with van der Waals surface area (Å²) in [5, 5.41) is 9.11. The minimum atomic E-state index is -2.53. The molecule has 0 amide bonds. The standard InChI is InChI=1S/C21H21ClF2N4/c22-17-3-1-14(2-4-17)15-5-8-27(9-6-15)18-7-10-28-19(25-26-20(28)12-18)11-16-13-21(16,23)24/h1-4,7,10,12,15-16H,5-6,8-9,11,13H2. The molecule has 1 atom stereocenters. The van der Waals surface area contributed by atoms with Crippen LogP contribution in [-0.4, -0.2) is 33.6 Å². The van der Waals surface area contributed by atoms with Crippen LogP contribution in [0.25, 0.3) is 5.65 Å². The fourth-order valence-corrected chi connectivity index (χ4v) is 4.31. The predicted octanol–water partition coefficient (Wildman–Crippen LogP) is 4.96. The summed E-state index contributed by atoms with van der Waals surface area (Å²) in [6, 6.07) is 12.2. The summed E-state index contributed by atoms with van der Waals surface area (Å²) >= 11 is 5.99. The number of anilines is 1. The highest BCUT2D eigenvalue weighted by Gasteiger charge is 2.56. The molecule has 3 heterocycles. The number of hydrogen-bond donors (Lipinski definition) is 0. The molecule has 5 rings (SSSR count). The van der Waals surface area contributed by atoms with E-state index in [4.69, 9.17) is 11.6 Å². The molecular weight excluding hydrogens is 382 g/mol. The third-order valence-corrected chi connectivity index (χ3v) is 6.30. The zero-order valence-electron chi connectivity index (χ0n) is 15.4. The number of aromatic nitrogens is 3. The first-order chi connectivity index (χ1) is 13.5. The van der Waals surface area contributed by atoms with Gasteiger partial charge in [0.1, 0.15) is 5.82 Å². The van der Waals surface area contributed by atoms with Crippen molar-refractivity contribution in [3.63, 3.8) is 0 Å². The number of piperidine rings is 1. The Morgan fingerprint density at radius 1 is 1.07 bits per heavy atom. The molecule has 1 saturated heterocycles. The van der Waals surface area contributed by atoms with E-state index < -0.39 is 11.8 Å². The van der Waals surface area contributed by atoms with Gasteiger partial charge in [0, 0.05) is 54.8 Å². The second kappa shape index (κ2) is 6.69. The van der Waals surface area contributed by atoms with Crippen LogP contribution in [0.2, 0.25) is 5.02 Å². The first kappa shape index (κ1) is 17.9. The molecule has 28 heavy (non-hydrogen) atoms. The lowest BCUT2D eigenvalue weighted by Gasteiger charge is -2.33. The summed E-state index contributed by atoms with van der Waals surface area (Å²) in [6.07, 6.45) is 4.32. The smallest absolute Gasteiger partial charge is 0.252 e. The van der Waals surface area contributed by atoms with Gasteiger partial charge in [-0.1, -0.05) is 23.7 Å². The van der Waals surface area contributed by atoms with Gasteiger partial charge >= 0.3 is 0 Å². The molecule has 146 valence electrons. The van der Waals surface area contributed by atoms with E-state index in [-0.39, 0.29) is 12.8 Å². The fourth-order valence-electron chi connectivity index (χ4n) is 4.18. The van der Waals surface area contributed by atoms with Crippen molar-refractivity contribution < 1.29 is 8.78 Å². The molecule has 7 heteroatoms. The number of alkyl halides is 2. The van der Waals surface area contributed by atoms with Crippen molar-refractivity contribution in [3.05, 3.63) is 59.0 Å². The highest BCUT2D eigenvalue weighted by atomic mass is 35.5. The summed E-state index contributed by atoms with van der Waals surface area (Å²) in [7, 11) is 0. The van der Waals surface area contributed by atoms with Crippen molar-refractivity contribution in [1.29, 1.82) is 0 Å². The normalized spacial score (nSPS) is 22.0. The van der Waals surface area contributed by atoms with Crippen molar-refractivity contribution in [2.45, 2.75) is 37.5 Å². The van der Waals surface area contributed by atoms with Gasteiger partial charge in [-0.25, -0.2) is 8.78 Å². The number of fused-ring (bicyclic) bond motifs is 1. The van der Waals surface area contributed by atoms with Crippen LogP contribution in [0.3, 0.4) is 0 Å². The van der Waals surface area contributed by atoms with Gasteiger partial charge in [-0.2, -0.15) is 0 Å². The summed E-state index contributed by atoms with van der Waals surface area (Å²) in [5.41, 5.74) is 3.17. The molecular formula is C21H21ClF2N4. The number of benzene rings is 1. The third-order valence-electron chi connectivity index (χ3n) is 6.05. The van der Waals surface area contributed by atoms with Crippen molar-refractivity contribution in [2.75, 3.05) is 18.0 Å². The molecule has 1 unspecified atom stereocenters. The second-order valence-corrected chi connectivity index (χ2v) is 8.34. The van der Waals surface area contributed by atoms with E-state index in [1.165, 1.54) is 5.56 Å². The molecule has 1 aromatic carbocycles. The molecule has 1 saturated carbocycles. The van der Waals surface area contributed by atoms with Crippen LogP contribution in [0.4, 0.5) is 14.5 Å². The number of halogens is 3. The minimum absolute atomic E-state index is 0.0391. The lowest BCUT2D eigenvalue weighted by atomic mass is 9.89. The zero-order chi connectivity index (χ0) is 19.3. The van der Waals surface area contributed by atoms with Gasteiger partial charge < -0.3 is 4.90 Å². The van der Waals surface area contributed by atoms with Gasteiger partial charge in [-0.05, 0) is 42.5 Å². The van der Waals surface area contributed by atoms with E-state index in [9.17, 15) is 8.78 Å². The zero-order valence-corrected chi connectivity index (χ0v) is 16.1. The van der Waals surface area contributed by atoms with Crippen LogP contribution >= 0.6 is 11.6 Å². The molecule has 0 N–H and O–H groups in total. The molecule has 2 aromatic heterocycles.